The number of benzene rings is 2. The number of nitrogens with zero attached hydrogens (tertiary/aromatic N) is 6. The fourth-order valence-corrected chi connectivity index (χ4v) is 5.93. The molecule has 7 rings (SSSR count). The molecule has 1 saturated carbocycles. The Labute approximate surface area is 237 Å². The normalized spacial score (nSPS) is 16.8. The molecular formula is C29H23FN8O2S. The average Bonchev–Trinajstić information content (AvgIpc) is 3.56. The highest BCUT2D eigenvalue weighted by molar-refractivity contribution is 7.15. The number of aryl methyl sites for hydroxylation is 1. The number of hydrogen-bond donors (Lipinski definition) is 2. The number of aliphatic imine (C=N–C) groups is 1. The minimum Gasteiger partial charge on any atom is -0.402 e. The molecule has 0 spiro atoms. The van der Waals surface area contributed by atoms with Gasteiger partial charge in [0.15, 0.2) is 0 Å². The van der Waals surface area contributed by atoms with Gasteiger partial charge in [-0.1, -0.05) is 54.0 Å². The quantitative estimate of drug-likeness (QED) is 0.272. The molecule has 41 heavy (non-hydrogen) atoms. The van der Waals surface area contributed by atoms with Crippen molar-refractivity contribution in [1.82, 2.24) is 25.1 Å². The lowest BCUT2D eigenvalue weighted by molar-refractivity contribution is -0.116. The zero-order valence-corrected chi connectivity index (χ0v) is 22.7. The van der Waals surface area contributed by atoms with Crippen molar-refractivity contribution in [1.29, 1.82) is 0 Å². The summed E-state index contributed by atoms with van der Waals surface area (Å²) in [6.45, 7) is 1.83. The van der Waals surface area contributed by atoms with Crippen LogP contribution in [-0.2, 0) is 4.79 Å². The first-order valence-corrected chi connectivity index (χ1v) is 14.0. The van der Waals surface area contributed by atoms with E-state index in [0.29, 0.717) is 28.7 Å². The van der Waals surface area contributed by atoms with E-state index in [2.05, 4.69) is 35.8 Å². The molecule has 1 aliphatic carbocycles. The maximum Gasteiger partial charge on any atom is 0.317 e. The molecule has 0 radical (unpaired) electrons. The van der Waals surface area contributed by atoms with Crippen molar-refractivity contribution in [3.8, 4) is 22.0 Å². The van der Waals surface area contributed by atoms with E-state index >= 15 is 0 Å². The third kappa shape index (κ3) is 4.76. The standard InChI is InChI=1S/C29H23FN8O2S/c1-15-31-13-18(14-32-15)24-23(35-28(41-24)17-9-5-10-17)27-37-38-29(40-27)36-25-26(39)34-22-19(11-6-12-20(22)30)21(33-25)16-7-3-2-4-8-16/h2-4,6-8,11-14,17,25H,5,9-10H2,1H3,(H,34,39)(H,36,38)/t25-/m0/s1. The summed E-state index contributed by atoms with van der Waals surface area (Å²) in [6.07, 6.45) is 5.71. The van der Waals surface area contributed by atoms with Gasteiger partial charge in [-0.2, -0.15) is 0 Å². The SMILES string of the molecule is Cc1ncc(-c2sc(C3CCC3)nc2-c2nnc(N[C@@H]3N=C(c4ccccc4)c4cccc(F)c4NC3=O)o2)cn1. The van der Waals surface area contributed by atoms with Crippen LogP contribution in [0.15, 0.2) is 70.3 Å². The van der Waals surface area contributed by atoms with Crippen molar-refractivity contribution in [2.75, 3.05) is 10.6 Å². The van der Waals surface area contributed by atoms with Gasteiger partial charge in [-0.3, -0.25) is 4.79 Å². The summed E-state index contributed by atoms with van der Waals surface area (Å²) in [6, 6.07) is 13.9. The van der Waals surface area contributed by atoms with Crippen molar-refractivity contribution < 1.29 is 13.6 Å². The summed E-state index contributed by atoms with van der Waals surface area (Å²) in [5, 5.41) is 15.0. The summed E-state index contributed by atoms with van der Waals surface area (Å²) in [7, 11) is 0. The number of thiazole rings is 1. The molecule has 2 aliphatic rings. The van der Waals surface area contributed by atoms with Crippen LogP contribution in [0, 0.1) is 12.7 Å². The number of fused-ring (bicyclic) bond motifs is 1. The number of carbonyl (C=O) groups is 1. The molecule has 4 heterocycles. The second-order valence-corrected chi connectivity index (χ2v) is 10.9. The molecule has 3 aromatic heterocycles. The van der Waals surface area contributed by atoms with Crippen molar-refractivity contribution in [2.45, 2.75) is 38.3 Å². The Balaban J connectivity index is 1.24. The van der Waals surface area contributed by atoms with Gasteiger partial charge in [0.25, 0.3) is 11.8 Å². The predicted molar refractivity (Wildman–Crippen MR) is 152 cm³/mol. The first kappa shape index (κ1) is 25.1. The molecule has 10 nitrogen and oxygen atoms in total. The van der Waals surface area contributed by atoms with E-state index in [-0.39, 0.29) is 17.6 Å². The van der Waals surface area contributed by atoms with Crippen LogP contribution < -0.4 is 10.6 Å². The van der Waals surface area contributed by atoms with Gasteiger partial charge in [-0.05, 0) is 25.8 Å². The van der Waals surface area contributed by atoms with Crippen molar-refractivity contribution in [3.05, 3.63) is 88.7 Å². The number of amides is 1. The van der Waals surface area contributed by atoms with Crippen LogP contribution in [0.5, 0.6) is 0 Å². The number of halogens is 1. The van der Waals surface area contributed by atoms with E-state index in [4.69, 9.17) is 9.40 Å². The number of nitrogens with one attached hydrogen (secondary N) is 2. The van der Waals surface area contributed by atoms with Gasteiger partial charge < -0.3 is 15.1 Å². The van der Waals surface area contributed by atoms with Gasteiger partial charge in [-0.15, -0.1) is 16.4 Å². The Morgan fingerprint density at radius 2 is 1.83 bits per heavy atom. The summed E-state index contributed by atoms with van der Waals surface area (Å²) in [5.74, 6) is 0.142. The molecule has 1 atom stereocenters. The molecule has 2 aromatic carbocycles. The molecular weight excluding hydrogens is 543 g/mol. The molecule has 2 N–H and O–H groups in total. The van der Waals surface area contributed by atoms with Crippen LogP contribution in [0.3, 0.4) is 0 Å². The minimum absolute atomic E-state index is 0.0213. The molecule has 1 amide bonds. The van der Waals surface area contributed by atoms with Gasteiger partial charge >= 0.3 is 6.01 Å². The van der Waals surface area contributed by atoms with Crippen LogP contribution in [0.25, 0.3) is 22.0 Å². The lowest BCUT2D eigenvalue weighted by atomic mass is 9.86. The summed E-state index contributed by atoms with van der Waals surface area (Å²) in [4.78, 5) is 32.3. The van der Waals surface area contributed by atoms with E-state index in [1.165, 1.54) is 12.5 Å². The van der Waals surface area contributed by atoms with Gasteiger partial charge in [-0.25, -0.2) is 24.3 Å². The van der Waals surface area contributed by atoms with Crippen LogP contribution in [0.4, 0.5) is 16.1 Å². The maximum absolute atomic E-state index is 14.8. The summed E-state index contributed by atoms with van der Waals surface area (Å²) >= 11 is 1.58. The largest absolute Gasteiger partial charge is 0.402 e. The van der Waals surface area contributed by atoms with Crippen LogP contribution in [0.2, 0.25) is 0 Å². The molecule has 0 saturated heterocycles. The van der Waals surface area contributed by atoms with Crippen molar-refractivity contribution in [2.24, 2.45) is 4.99 Å². The van der Waals surface area contributed by atoms with Crippen molar-refractivity contribution in [3.63, 3.8) is 0 Å². The Hall–Kier alpha value is -4.84. The highest BCUT2D eigenvalue weighted by atomic mass is 32.1. The first-order valence-electron chi connectivity index (χ1n) is 13.2. The molecule has 5 aromatic rings. The fraction of sp³-hybridized carbons (Fsp3) is 0.207. The minimum atomic E-state index is -1.17. The van der Waals surface area contributed by atoms with Crippen LogP contribution in [-0.4, -0.2) is 42.9 Å². The number of rotatable bonds is 6. The number of hydrogen-bond acceptors (Lipinski definition) is 10. The Kier molecular flexibility index (Phi) is 6.31. The monoisotopic (exact) mass is 566 g/mol. The number of anilines is 2. The first-order chi connectivity index (χ1) is 20.0. The molecule has 0 bridgehead atoms. The summed E-state index contributed by atoms with van der Waals surface area (Å²) in [5.41, 5.74) is 3.05. The van der Waals surface area contributed by atoms with E-state index in [0.717, 1.165) is 33.9 Å². The third-order valence-corrected chi connectivity index (χ3v) is 8.37. The third-order valence-electron chi connectivity index (χ3n) is 7.10. The number of benzodiazepines with no additional fused rings is 1. The van der Waals surface area contributed by atoms with Gasteiger partial charge in [0.05, 0.1) is 21.3 Å². The Bertz CT molecular complexity index is 1780. The molecule has 12 heteroatoms. The van der Waals surface area contributed by atoms with E-state index < -0.39 is 17.9 Å². The summed E-state index contributed by atoms with van der Waals surface area (Å²) < 4.78 is 20.8. The molecule has 1 fully saturated rings. The number of para-hydroxylation sites is 1. The van der Waals surface area contributed by atoms with Gasteiger partial charge in [0, 0.05) is 35.0 Å². The molecule has 0 unspecified atom stereocenters. The second-order valence-electron chi connectivity index (χ2n) is 9.83. The van der Waals surface area contributed by atoms with E-state index in [1.807, 2.05) is 37.3 Å². The fourth-order valence-electron chi connectivity index (χ4n) is 4.73. The Morgan fingerprint density at radius 1 is 1.02 bits per heavy atom. The van der Waals surface area contributed by atoms with E-state index in [1.54, 1.807) is 35.9 Å². The highest BCUT2D eigenvalue weighted by Crippen LogP contribution is 2.44. The van der Waals surface area contributed by atoms with E-state index in [9.17, 15) is 9.18 Å². The van der Waals surface area contributed by atoms with Gasteiger partial charge in [0.2, 0.25) is 6.17 Å². The lowest BCUT2D eigenvalue weighted by Gasteiger charge is -2.22. The van der Waals surface area contributed by atoms with Gasteiger partial charge in [0.1, 0.15) is 17.3 Å². The van der Waals surface area contributed by atoms with Crippen LogP contribution in [0.1, 0.15) is 47.1 Å². The zero-order chi connectivity index (χ0) is 27.9. The Morgan fingerprint density at radius 3 is 2.59 bits per heavy atom. The topological polar surface area (TPSA) is 131 Å². The lowest BCUT2D eigenvalue weighted by Crippen LogP contribution is -2.32. The smallest absolute Gasteiger partial charge is 0.317 e. The zero-order valence-electron chi connectivity index (χ0n) is 21.8. The molecule has 1 aliphatic heterocycles. The highest BCUT2D eigenvalue weighted by Gasteiger charge is 2.31. The predicted octanol–water partition coefficient (Wildman–Crippen LogP) is 5.59. The second kappa shape index (κ2) is 10.3. The number of carbonyl (C=O) groups excluding carboxylic acids is 1. The molecule has 204 valence electrons. The number of aromatic nitrogens is 5. The maximum atomic E-state index is 14.8. The average molecular weight is 567 g/mol. The van der Waals surface area contributed by atoms with Crippen LogP contribution >= 0.6 is 11.3 Å². The van der Waals surface area contributed by atoms with Crippen molar-refractivity contribution >= 4 is 34.7 Å².